The van der Waals surface area contributed by atoms with E-state index >= 15 is 0 Å². The highest BCUT2D eigenvalue weighted by Gasteiger charge is 2.16. The predicted octanol–water partition coefficient (Wildman–Crippen LogP) is 5.17. The van der Waals surface area contributed by atoms with Crippen molar-refractivity contribution in [2.45, 2.75) is 19.8 Å². The first-order valence-corrected chi connectivity index (χ1v) is 9.42. The van der Waals surface area contributed by atoms with Crippen molar-refractivity contribution < 1.29 is 9.53 Å². The molecule has 0 aliphatic carbocycles. The number of nitrogens with zero attached hydrogens (tertiary/aromatic N) is 1. The summed E-state index contributed by atoms with van der Waals surface area (Å²) in [7, 11) is 1.37. The van der Waals surface area contributed by atoms with Crippen molar-refractivity contribution in [3.63, 3.8) is 0 Å². The number of fused-ring (bicyclic) bond motifs is 1. The zero-order chi connectivity index (χ0) is 19.5. The first-order chi connectivity index (χ1) is 13.7. The van der Waals surface area contributed by atoms with E-state index in [0.717, 1.165) is 28.9 Å². The largest absolute Gasteiger partial charge is 0.464 e. The normalized spacial score (nSPS) is 10.9. The quantitative estimate of drug-likeness (QED) is 0.493. The molecule has 0 bridgehead atoms. The Labute approximate surface area is 164 Å². The second kappa shape index (κ2) is 7.69. The molecular weight excluding hydrogens is 348 g/mol. The minimum absolute atomic E-state index is 0.328. The van der Waals surface area contributed by atoms with Gasteiger partial charge in [-0.1, -0.05) is 55.5 Å². The zero-order valence-corrected chi connectivity index (χ0v) is 16.0. The number of pyridine rings is 1. The van der Waals surface area contributed by atoms with Gasteiger partial charge in [0.15, 0.2) is 0 Å². The van der Waals surface area contributed by atoms with Crippen LogP contribution in [0.25, 0.3) is 22.2 Å². The van der Waals surface area contributed by atoms with Crippen molar-refractivity contribution in [1.82, 2.24) is 9.97 Å². The van der Waals surface area contributed by atoms with E-state index in [9.17, 15) is 4.79 Å². The number of H-pyrrole nitrogens is 1. The SMILES string of the molecule is CCc1ccc2c(Cc3cccc(C(=O)OC)n3)c(-c3ccccc3)[nH]c2c1. The van der Waals surface area contributed by atoms with Crippen LogP contribution in [-0.4, -0.2) is 23.0 Å². The maximum atomic E-state index is 11.8. The summed E-state index contributed by atoms with van der Waals surface area (Å²) in [5.41, 5.74) is 6.99. The maximum Gasteiger partial charge on any atom is 0.356 e. The fourth-order valence-corrected chi connectivity index (χ4v) is 3.53. The summed E-state index contributed by atoms with van der Waals surface area (Å²) in [4.78, 5) is 20.0. The van der Waals surface area contributed by atoms with Crippen LogP contribution in [0.1, 0.15) is 34.2 Å². The number of hydrogen-bond donors (Lipinski definition) is 1. The topological polar surface area (TPSA) is 55.0 Å². The van der Waals surface area contributed by atoms with Gasteiger partial charge in [0.05, 0.1) is 12.8 Å². The molecule has 2 aromatic heterocycles. The number of aromatic nitrogens is 2. The van der Waals surface area contributed by atoms with E-state index in [4.69, 9.17) is 4.74 Å². The van der Waals surface area contributed by atoms with E-state index in [2.05, 4.69) is 47.2 Å². The van der Waals surface area contributed by atoms with Gasteiger partial charge in [0.25, 0.3) is 0 Å². The van der Waals surface area contributed by atoms with Crippen molar-refractivity contribution in [2.24, 2.45) is 0 Å². The van der Waals surface area contributed by atoms with E-state index in [-0.39, 0.29) is 0 Å². The van der Waals surface area contributed by atoms with Crippen molar-refractivity contribution >= 4 is 16.9 Å². The molecule has 4 heteroatoms. The molecule has 1 N–H and O–H groups in total. The summed E-state index contributed by atoms with van der Waals surface area (Å²) in [6.07, 6.45) is 1.62. The van der Waals surface area contributed by atoms with E-state index in [1.165, 1.54) is 23.6 Å². The lowest BCUT2D eigenvalue weighted by molar-refractivity contribution is 0.0593. The molecule has 0 aliphatic rings. The zero-order valence-electron chi connectivity index (χ0n) is 16.0. The highest BCUT2D eigenvalue weighted by Crippen LogP contribution is 2.32. The number of esters is 1. The van der Waals surface area contributed by atoms with Crippen molar-refractivity contribution in [2.75, 3.05) is 7.11 Å². The van der Waals surface area contributed by atoms with Gasteiger partial charge in [-0.05, 0) is 41.3 Å². The van der Waals surface area contributed by atoms with Gasteiger partial charge in [-0.3, -0.25) is 0 Å². The highest BCUT2D eigenvalue weighted by molar-refractivity contribution is 5.91. The first kappa shape index (κ1) is 18.0. The van der Waals surface area contributed by atoms with Crippen molar-refractivity contribution in [3.8, 4) is 11.3 Å². The maximum absolute atomic E-state index is 11.8. The number of nitrogens with one attached hydrogen (secondary N) is 1. The smallest absolute Gasteiger partial charge is 0.356 e. The summed E-state index contributed by atoms with van der Waals surface area (Å²) < 4.78 is 4.81. The molecular formula is C24H22N2O2. The van der Waals surface area contributed by atoms with Crippen LogP contribution in [0, 0.1) is 0 Å². The van der Waals surface area contributed by atoms with E-state index < -0.39 is 5.97 Å². The number of carbonyl (C=O) groups is 1. The number of aryl methyl sites for hydroxylation is 1. The molecule has 0 fully saturated rings. The van der Waals surface area contributed by atoms with Gasteiger partial charge >= 0.3 is 5.97 Å². The summed E-state index contributed by atoms with van der Waals surface area (Å²) in [6.45, 7) is 2.16. The summed E-state index contributed by atoms with van der Waals surface area (Å²) in [6, 6.07) is 22.3. The lowest BCUT2D eigenvalue weighted by Crippen LogP contribution is -2.06. The molecule has 28 heavy (non-hydrogen) atoms. The number of benzene rings is 2. The second-order valence-corrected chi connectivity index (χ2v) is 6.76. The van der Waals surface area contributed by atoms with Crippen LogP contribution in [-0.2, 0) is 17.6 Å². The standard InChI is InChI=1S/C24H22N2O2/c1-3-16-12-13-19-20(15-18-10-7-11-21(25-18)24(27)28-2)23(26-22(19)14-16)17-8-5-4-6-9-17/h4-14,26H,3,15H2,1-2H3. The lowest BCUT2D eigenvalue weighted by Gasteiger charge is -2.07. The van der Waals surface area contributed by atoms with E-state index in [1.807, 2.05) is 30.3 Å². The Morgan fingerprint density at radius 3 is 2.61 bits per heavy atom. The Morgan fingerprint density at radius 1 is 1.04 bits per heavy atom. The molecule has 4 rings (SSSR count). The van der Waals surface area contributed by atoms with Crippen LogP contribution in [0.15, 0.2) is 66.7 Å². The van der Waals surface area contributed by atoms with Crippen LogP contribution >= 0.6 is 0 Å². The Balaban J connectivity index is 1.84. The van der Waals surface area contributed by atoms with Gasteiger partial charge in [0, 0.05) is 23.0 Å². The Kier molecular flexibility index (Phi) is 4.94. The third kappa shape index (κ3) is 3.41. The number of hydrogen-bond acceptors (Lipinski definition) is 3. The molecule has 0 spiro atoms. The fourth-order valence-electron chi connectivity index (χ4n) is 3.53. The summed E-state index contributed by atoms with van der Waals surface area (Å²) in [5.74, 6) is -0.420. The van der Waals surface area contributed by atoms with Gasteiger partial charge < -0.3 is 9.72 Å². The number of methoxy groups -OCH3 is 1. The molecule has 0 radical (unpaired) electrons. The van der Waals surface area contributed by atoms with Crippen LogP contribution in [0.5, 0.6) is 0 Å². The summed E-state index contributed by atoms with van der Waals surface area (Å²) >= 11 is 0. The molecule has 0 atom stereocenters. The number of carbonyl (C=O) groups excluding carboxylic acids is 1. The molecule has 4 aromatic rings. The van der Waals surface area contributed by atoms with Gasteiger partial charge in [-0.25, -0.2) is 9.78 Å². The third-order valence-electron chi connectivity index (χ3n) is 5.00. The van der Waals surface area contributed by atoms with Crippen LogP contribution in [0.2, 0.25) is 0 Å². The molecule has 0 amide bonds. The number of ether oxygens (including phenoxy) is 1. The lowest BCUT2D eigenvalue weighted by atomic mass is 10.00. The van der Waals surface area contributed by atoms with Crippen molar-refractivity contribution in [3.05, 3.63) is 89.2 Å². The van der Waals surface area contributed by atoms with Crippen LogP contribution in [0.3, 0.4) is 0 Å². The minimum atomic E-state index is -0.420. The van der Waals surface area contributed by atoms with E-state index in [0.29, 0.717) is 12.1 Å². The highest BCUT2D eigenvalue weighted by atomic mass is 16.5. The average molecular weight is 370 g/mol. The monoisotopic (exact) mass is 370 g/mol. The molecule has 2 heterocycles. The average Bonchev–Trinajstić information content (AvgIpc) is 3.11. The van der Waals surface area contributed by atoms with E-state index in [1.54, 1.807) is 6.07 Å². The molecule has 0 unspecified atom stereocenters. The Hall–Kier alpha value is -3.40. The number of aromatic amines is 1. The van der Waals surface area contributed by atoms with Gasteiger partial charge in [0.2, 0.25) is 0 Å². The molecule has 0 saturated heterocycles. The Bertz CT molecular complexity index is 1130. The van der Waals surface area contributed by atoms with Gasteiger partial charge in [0.1, 0.15) is 5.69 Å². The molecule has 0 saturated carbocycles. The first-order valence-electron chi connectivity index (χ1n) is 9.42. The fraction of sp³-hybridized carbons (Fsp3) is 0.167. The van der Waals surface area contributed by atoms with Gasteiger partial charge in [-0.15, -0.1) is 0 Å². The van der Waals surface area contributed by atoms with Crippen LogP contribution in [0.4, 0.5) is 0 Å². The predicted molar refractivity (Wildman–Crippen MR) is 111 cm³/mol. The molecule has 2 aromatic carbocycles. The minimum Gasteiger partial charge on any atom is -0.464 e. The summed E-state index contributed by atoms with van der Waals surface area (Å²) in [5, 5.41) is 1.18. The third-order valence-corrected chi connectivity index (χ3v) is 5.00. The van der Waals surface area contributed by atoms with Crippen LogP contribution < -0.4 is 0 Å². The molecule has 4 nitrogen and oxygen atoms in total. The van der Waals surface area contributed by atoms with Crippen molar-refractivity contribution in [1.29, 1.82) is 0 Å². The molecule has 140 valence electrons. The van der Waals surface area contributed by atoms with Gasteiger partial charge in [-0.2, -0.15) is 0 Å². The Morgan fingerprint density at radius 2 is 1.86 bits per heavy atom. The molecule has 0 aliphatic heterocycles. The second-order valence-electron chi connectivity index (χ2n) is 6.76. The number of rotatable bonds is 5.